The summed E-state index contributed by atoms with van der Waals surface area (Å²) < 4.78 is 0. The summed E-state index contributed by atoms with van der Waals surface area (Å²) in [6.07, 6.45) is 10.1. The largest absolute Gasteiger partial charge is 0.372 e. The Morgan fingerprint density at radius 3 is 2.93 bits per heavy atom. The summed E-state index contributed by atoms with van der Waals surface area (Å²) in [7, 11) is 0. The van der Waals surface area contributed by atoms with Crippen molar-refractivity contribution in [2.75, 3.05) is 6.54 Å². The van der Waals surface area contributed by atoms with Crippen LogP contribution in [0.4, 0.5) is 0 Å². The van der Waals surface area contributed by atoms with Crippen LogP contribution in [0.15, 0.2) is 11.8 Å². The van der Waals surface area contributed by atoms with Crippen molar-refractivity contribution in [3.8, 4) is 0 Å². The van der Waals surface area contributed by atoms with Gasteiger partial charge in [-0.1, -0.05) is 13.3 Å². The second kappa shape index (κ2) is 4.82. The highest BCUT2D eigenvalue weighted by molar-refractivity contribution is 5.92. The molecular formula is C13H21NO. The summed E-state index contributed by atoms with van der Waals surface area (Å²) in [5.41, 5.74) is 1.32. The maximum absolute atomic E-state index is 11.3. The molecule has 0 amide bonds. The van der Waals surface area contributed by atoms with Crippen molar-refractivity contribution < 1.29 is 4.79 Å². The van der Waals surface area contributed by atoms with Crippen LogP contribution in [0.25, 0.3) is 0 Å². The van der Waals surface area contributed by atoms with Gasteiger partial charge in [-0.3, -0.25) is 4.79 Å². The topological polar surface area (TPSA) is 20.3 Å². The molecule has 1 aliphatic carbocycles. The number of hydrogen-bond acceptors (Lipinski definition) is 2. The molecule has 1 aliphatic heterocycles. The third-order valence-electron chi connectivity index (χ3n) is 3.57. The minimum absolute atomic E-state index is 0.325. The lowest BCUT2D eigenvalue weighted by atomic mass is 9.97. The standard InChI is InChI=1S/C13H21NO/c1-2-5-11-6-3-4-9-14(11)12-7-8-13(15)10-12/h10-11H,2-9H2,1H3. The van der Waals surface area contributed by atoms with E-state index in [9.17, 15) is 4.79 Å². The molecule has 0 radical (unpaired) electrons. The summed E-state index contributed by atoms with van der Waals surface area (Å²) in [6, 6.07) is 0.709. The molecule has 0 saturated carbocycles. The van der Waals surface area contributed by atoms with Gasteiger partial charge in [0.2, 0.25) is 0 Å². The highest BCUT2D eigenvalue weighted by Crippen LogP contribution is 2.29. The van der Waals surface area contributed by atoms with Crippen LogP contribution in [0.3, 0.4) is 0 Å². The van der Waals surface area contributed by atoms with Crippen LogP contribution < -0.4 is 0 Å². The van der Waals surface area contributed by atoms with E-state index in [1.165, 1.54) is 44.3 Å². The van der Waals surface area contributed by atoms with Gasteiger partial charge < -0.3 is 4.90 Å². The molecule has 2 heteroatoms. The van der Waals surface area contributed by atoms with Gasteiger partial charge in [-0.25, -0.2) is 0 Å². The molecule has 0 spiro atoms. The van der Waals surface area contributed by atoms with Crippen molar-refractivity contribution in [2.45, 2.75) is 57.9 Å². The summed E-state index contributed by atoms with van der Waals surface area (Å²) in [5, 5.41) is 0. The Hall–Kier alpha value is -0.790. The monoisotopic (exact) mass is 207 g/mol. The predicted molar refractivity (Wildman–Crippen MR) is 61.6 cm³/mol. The zero-order valence-electron chi connectivity index (χ0n) is 9.67. The van der Waals surface area contributed by atoms with Crippen molar-refractivity contribution >= 4 is 5.78 Å². The minimum Gasteiger partial charge on any atom is -0.372 e. The number of hydrogen-bond donors (Lipinski definition) is 0. The van der Waals surface area contributed by atoms with Crippen molar-refractivity contribution in [3.63, 3.8) is 0 Å². The first-order valence-electron chi connectivity index (χ1n) is 6.31. The van der Waals surface area contributed by atoms with Gasteiger partial charge in [-0.15, -0.1) is 0 Å². The molecule has 1 saturated heterocycles. The molecule has 0 aromatic carbocycles. The van der Waals surface area contributed by atoms with E-state index in [1.807, 2.05) is 6.08 Å². The maximum atomic E-state index is 11.3. The molecule has 0 aromatic rings. The van der Waals surface area contributed by atoms with E-state index in [2.05, 4.69) is 11.8 Å². The Morgan fingerprint density at radius 1 is 1.40 bits per heavy atom. The first kappa shape index (κ1) is 10.7. The second-order valence-electron chi connectivity index (χ2n) is 4.73. The molecule has 2 nitrogen and oxygen atoms in total. The van der Waals surface area contributed by atoms with E-state index in [1.54, 1.807) is 0 Å². The van der Waals surface area contributed by atoms with E-state index in [-0.39, 0.29) is 0 Å². The van der Waals surface area contributed by atoms with Crippen LogP contribution in [0.1, 0.15) is 51.9 Å². The zero-order chi connectivity index (χ0) is 10.7. The number of allylic oxidation sites excluding steroid dienone is 2. The van der Waals surface area contributed by atoms with Gasteiger partial charge in [-0.2, -0.15) is 0 Å². The molecule has 15 heavy (non-hydrogen) atoms. The lowest BCUT2D eigenvalue weighted by Crippen LogP contribution is -2.38. The lowest BCUT2D eigenvalue weighted by Gasteiger charge is -2.38. The third kappa shape index (κ3) is 2.42. The van der Waals surface area contributed by atoms with Crippen molar-refractivity contribution in [3.05, 3.63) is 11.8 Å². The molecule has 84 valence electrons. The number of carbonyl (C=O) groups is 1. The predicted octanol–water partition coefficient (Wildman–Crippen LogP) is 2.89. The van der Waals surface area contributed by atoms with Crippen molar-refractivity contribution in [1.29, 1.82) is 0 Å². The molecular weight excluding hydrogens is 186 g/mol. The Labute approximate surface area is 92.3 Å². The highest BCUT2D eigenvalue weighted by atomic mass is 16.1. The fraction of sp³-hybridized carbons (Fsp3) is 0.769. The number of piperidine rings is 1. The molecule has 1 fully saturated rings. The fourth-order valence-electron chi connectivity index (χ4n) is 2.82. The third-order valence-corrected chi connectivity index (χ3v) is 3.57. The number of nitrogens with zero attached hydrogens (tertiary/aromatic N) is 1. The number of ketones is 1. The van der Waals surface area contributed by atoms with Crippen LogP contribution in [0.5, 0.6) is 0 Å². The van der Waals surface area contributed by atoms with Crippen LogP contribution in [0, 0.1) is 0 Å². The molecule has 0 bridgehead atoms. The van der Waals surface area contributed by atoms with Gasteiger partial charge in [0, 0.05) is 30.8 Å². The van der Waals surface area contributed by atoms with Crippen LogP contribution in [0.2, 0.25) is 0 Å². The van der Waals surface area contributed by atoms with E-state index >= 15 is 0 Å². The Morgan fingerprint density at radius 2 is 2.27 bits per heavy atom. The lowest BCUT2D eigenvalue weighted by molar-refractivity contribution is -0.114. The normalized spacial score (nSPS) is 27.0. The van der Waals surface area contributed by atoms with Crippen LogP contribution >= 0.6 is 0 Å². The van der Waals surface area contributed by atoms with Gasteiger partial charge in [0.25, 0.3) is 0 Å². The highest BCUT2D eigenvalue weighted by Gasteiger charge is 2.26. The number of carbonyl (C=O) groups excluding carboxylic acids is 1. The van der Waals surface area contributed by atoms with Gasteiger partial charge in [-0.05, 0) is 32.1 Å². The van der Waals surface area contributed by atoms with Gasteiger partial charge >= 0.3 is 0 Å². The SMILES string of the molecule is CCCC1CCCCN1C1=CC(=O)CC1. The molecule has 2 aliphatic rings. The number of likely N-dealkylation sites (tertiary alicyclic amines) is 1. The Balaban J connectivity index is 2.04. The minimum atomic E-state index is 0.325. The molecule has 0 aromatic heterocycles. The average Bonchev–Trinajstić information content (AvgIpc) is 2.66. The van der Waals surface area contributed by atoms with E-state index in [0.717, 1.165) is 12.8 Å². The summed E-state index contributed by atoms with van der Waals surface area (Å²) in [5.74, 6) is 0.325. The van der Waals surface area contributed by atoms with E-state index < -0.39 is 0 Å². The summed E-state index contributed by atoms with van der Waals surface area (Å²) in [4.78, 5) is 13.8. The van der Waals surface area contributed by atoms with Crippen LogP contribution in [-0.4, -0.2) is 23.3 Å². The smallest absolute Gasteiger partial charge is 0.157 e. The van der Waals surface area contributed by atoms with E-state index in [0.29, 0.717) is 11.8 Å². The molecule has 0 N–H and O–H groups in total. The maximum Gasteiger partial charge on any atom is 0.157 e. The first-order valence-corrected chi connectivity index (χ1v) is 6.31. The Bertz CT molecular complexity index is 268. The molecule has 1 heterocycles. The average molecular weight is 207 g/mol. The van der Waals surface area contributed by atoms with Crippen LogP contribution in [-0.2, 0) is 4.79 Å². The zero-order valence-corrected chi connectivity index (χ0v) is 9.67. The quantitative estimate of drug-likeness (QED) is 0.709. The fourth-order valence-corrected chi connectivity index (χ4v) is 2.82. The summed E-state index contributed by atoms with van der Waals surface area (Å²) in [6.45, 7) is 3.42. The van der Waals surface area contributed by atoms with Gasteiger partial charge in [0.1, 0.15) is 0 Å². The Kier molecular flexibility index (Phi) is 3.45. The van der Waals surface area contributed by atoms with Gasteiger partial charge in [0.05, 0.1) is 0 Å². The van der Waals surface area contributed by atoms with E-state index in [4.69, 9.17) is 0 Å². The first-order chi connectivity index (χ1) is 7.31. The molecule has 1 unspecified atom stereocenters. The summed E-state index contributed by atoms with van der Waals surface area (Å²) >= 11 is 0. The van der Waals surface area contributed by atoms with Gasteiger partial charge in [0.15, 0.2) is 5.78 Å². The van der Waals surface area contributed by atoms with Crippen molar-refractivity contribution in [1.82, 2.24) is 4.90 Å². The molecule has 2 rings (SSSR count). The second-order valence-corrected chi connectivity index (χ2v) is 4.73. The number of rotatable bonds is 3. The molecule has 1 atom stereocenters. The van der Waals surface area contributed by atoms with Crippen molar-refractivity contribution in [2.24, 2.45) is 0 Å².